The van der Waals surface area contributed by atoms with E-state index in [0.717, 1.165) is 5.69 Å². The van der Waals surface area contributed by atoms with Gasteiger partial charge in [-0.2, -0.15) is 15.5 Å². The highest BCUT2D eigenvalue weighted by molar-refractivity contribution is 5.73. The number of hydrogen-bond acceptors (Lipinski definition) is 4. The van der Waals surface area contributed by atoms with Gasteiger partial charge in [0.25, 0.3) is 0 Å². The summed E-state index contributed by atoms with van der Waals surface area (Å²) in [6.45, 7) is 0. The van der Waals surface area contributed by atoms with Crippen LogP contribution in [0.4, 0.5) is 5.69 Å². The van der Waals surface area contributed by atoms with E-state index in [9.17, 15) is 0 Å². The van der Waals surface area contributed by atoms with Crippen molar-refractivity contribution < 1.29 is 0 Å². The van der Waals surface area contributed by atoms with Crippen molar-refractivity contribution in [1.29, 1.82) is 5.26 Å². The molecule has 1 aromatic carbocycles. The molecule has 1 aliphatic heterocycles. The van der Waals surface area contributed by atoms with Crippen molar-refractivity contribution in [2.75, 3.05) is 5.12 Å². The van der Waals surface area contributed by atoms with Gasteiger partial charge in [0.15, 0.2) is 0 Å². The highest BCUT2D eigenvalue weighted by Crippen LogP contribution is 2.14. The largest absolute Gasteiger partial charge is 0.285 e. The molecule has 0 amide bonds. The Labute approximate surface area is 81.7 Å². The van der Waals surface area contributed by atoms with E-state index < -0.39 is 0 Å². The summed E-state index contributed by atoms with van der Waals surface area (Å²) >= 11 is 0. The van der Waals surface area contributed by atoms with Crippen LogP contribution in [0.5, 0.6) is 0 Å². The topological polar surface area (TPSA) is 51.4 Å². The zero-order chi connectivity index (χ0) is 9.80. The number of nitriles is 1. The molecular formula is C10H8N4. The molecule has 4 nitrogen and oxygen atoms in total. The predicted octanol–water partition coefficient (Wildman–Crippen LogP) is 1.38. The number of hydrazone groups is 1. The minimum absolute atomic E-state index is 0.619. The van der Waals surface area contributed by atoms with Crippen molar-refractivity contribution in [3.05, 3.63) is 42.1 Å². The molecule has 0 saturated carbocycles. The third kappa shape index (κ3) is 1.57. The maximum atomic E-state index is 8.72. The van der Waals surface area contributed by atoms with Gasteiger partial charge in [0.1, 0.15) is 0 Å². The van der Waals surface area contributed by atoms with Gasteiger partial charge in [-0.15, -0.1) is 0 Å². The van der Waals surface area contributed by atoms with Crippen LogP contribution in [0.2, 0.25) is 0 Å². The van der Waals surface area contributed by atoms with Gasteiger partial charge in [0.05, 0.1) is 23.5 Å². The first-order valence-corrected chi connectivity index (χ1v) is 4.16. The highest BCUT2D eigenvalue weighted by atomic mass is 15.7. The quantitative estimate of drug-likeness (QED) is 0.717. The minimum atomic E-state index is 0.619. The summed E-state index contributed by atoms with van der Waals surface area (Å²) in [5, 5.41) is 14.4. The molecule has 1 N–H and O–H groups in total. The van der Waals surface area contributed by atoms with Crippen LogP contribution in [0.15, 0.2) is 41.6 Å². The van der Waals surface area contributed by atoms with E-state index in [1.165, 1.54) is 0 Å². The number of hydrazine groups is 1. The molecule has 0 spiro atoms. The van der Waals surface area contributed by atoms with Gasteiger partial charge >= 0.3 is 0 Å². The smallest absolute Gasteiger partial charge is 0.0992 e. The van der Waals surface area contributed by atoms with E-state index in [4.69, 9.17) is 5.26 Å². The van der Waals surface area contributed by atoms with E-state index in [-0.39, 0.29) is 0 Å². The van der Waals surface area contributed by atoms with Crippen LogP contribution in [0.3, 0.4) is 0 Å². The second kappa shape index (κ2) is 3.62. The molecule has 0 saturated heterocycles. The van der Waals surface area contributed by atoms with Gasteiger partial charge < -0.3 is 0 Å². The van der Waals surface area contributed by atoms with E-state index in [2.05, 4.69) is 16.6 Å². The Hall–Kier alpha value is -2.28. The first-order valence-electron chi connectivity index (χ1n) is 4.16. The predicted molar refractivity (Wildman–Crippen MR) is 54.4 cm³/mol. The molecule has 1 aliphatic rings. The summed E-state index contributed by atoms with van der Waals surface area (Å²) in [7, 11) is 0. The van der Waals surface area contributed by atoms with Crippen LogP contribution >= 0.6 is 0 Å². The Bertz CT molecular complexity index is 428. The lowest BCUT2D eigenvalue weighted by atomic mass is 10.2. The molecular weight excluding hydrogens is 176 g/mol. The molecule has 1 aromatic rings. The van der Waals surface area contributed by atoms with E-state index in [1.54, 1.807) is 35.7 Å². The number of allylic oxidation sites excluding steroid dienone is 1. The summed E-state index contributed by atoms with van der Waals surface area (Å²) in [6, 6.07) is 9.31. The Morgan fingerprint density at radius 2 is 2.36 bits per heavy atom. The van der Waals surface area contributed by atoms with Gasteiger partial charge in [0, 0.05) is 6.20 Å². The molecule has 2 rings (SSSR count). The second-order valence-corrected chi connectivity index (χ2v) is 2.73. The van der Waals surface area contributed by atoms with Crippen LogP contribution in [-0.4, -0.2) is 6.21 Å². The lowest BCUT2D eigenvalue weighted by molar-refractivity contribution is 0.774. The normalized spacial score (nSPS) is 13.5. The van der Waals surface area contributed by atoms with E-state index in [0.29, 0.717) is 5.56 Å². The lowest BCUT2D eigenvalue weighted by Crippen LogP contribution is -2.30. The fraction of sp³-hybridized carbons (Fsp3) is 0. The van der Waals surface area contributed by atoms with Gasteiger partial charge in [0.2, 0.25) is 0 Å². The first kappa shape index (κ1) is 8.32. The van der Waals surface area contributed by atoms with Crippen LogP contribution < -0.4 is 10.5 Å². The number of anilines is 1. The number of benzene rings is 1. The summed E-state index contributed by atoms with van der Waals surface area (Å²) < 4.78 is 0. The molecule has 4 heteroatoms. The number of nitrogens with zero attached hydrogens (tertiary/aromatic N) is 3. The van der Waals surface area contributed by atoms with Crippen molar-refractivity contribution in [2.45, 2.75) is 0 Å². The molecule has 14 heavy (non-hydrogen) atoms. The molecule has 0 aromatic heterocycles. The molecule has 68 valence electrons. The highest BCUT2D eigenvalue weighted by Gasteiger charge is 2.04. The zero-order valence-electron chi connectivity index (χ0n) is 7.38. The van der Waals surface area contributed by atoms with E-state index >= 15 is 0 Å². The number of rotatable bonds is 1. The van der Waals surface area contributed by atoms with Crippen LogP contribution in [-0.2, 0) is 0 Å². The monoisotopic (exact) mass is 184 g/mol. The number of hydrogen-bond donors (Lipinski definition) is 1. The number of nitrogens with one attached hydrogen (secondary N) is 1. The zero-order valence-corrected chi connectivity index (χ0v) is 7.38. The maximum absolute atomic E-state index is 8.72. The van der Waals surface area contributed by atoms with Gasteiger partial charge in [-0.05, 0) is 24.3 Å². The average molecular weight is 184 g/mol. The SMILES string of the molecule is N#Cc1cccc(N2N=CC=CN2)c1. The molecule has 0 unspecified atom stereocenters. The molecule has 0 fully saturated rings. The first-order chi connectivity index (χ1) is 6.90. The Balaban J connectivity index is 2.28. The van der Waals surface area contributed by atoms with Crippen molar-refractivity contribution in [1.82, 2.24) is 5.43 Å². The van der Waals surface area contributed by atoms with Crippen molar-refractivity contribution in [2.24, 2.45) is 5.10 Å². The Morgan fingerprint density at radius 1 is 1.43 bits per heavy atom. The van der Waals surface area contributed by atoms with Crippen LogP contribution in [0.25, 0.3) is 0 Å². The Kier molecular flexibility index (Phi) is 2.15. The third-order valence-corrected chi connectivity index (χ3v) is 1.78. The van der Waals surface area contributed by atoms with Gasteiger partial charge in [-0.25, -0.2) is 0 Å². The van der Waals surface area contributed by atoms with Crippen molar-refractivity contribution in [3.63, 3.8) is 0 Å². The van der Waals surface area contributed by atoms with Gasteiger partial charge in [-0.3, -0.25) is 5.43 Å². The molecule has 0 bridgehead atoms. The van der Waals surface area contributed by atoms with Crippen LogP contribution in [0.1, 0.15) is 5.56 Å². The molecule has 1 heterocycles. The molecule has 0 radical (unpaired) electrons. The van der Waals surface area contributed by atoms with Crippen molar-refractivity contribution >= 4 is 11.9 Å². The average Bonchev–Trinajstić information content (AvgIpc) is 2.30. The molecule has 0 aliphatic carbocycles. The molecule has 0 atom stereocenters. The third-order valence-electron chi connectivity index (χ3n) is 1.78. The fourth-order valence-corrected chi connectivity index (χ4v) is 1.14. The Morgan fingerprint density at radius 3 is 3.07 bits per heavy atom. The van der Waals surface area contributed by atoms with Crippen molar-refractivity contribution in [3.8, 4) is 6.07 Å². The van der Waals surface area contributed by atoms with Crippen LogP contribution in [0, 0.1) is 11.3 Å². The van der Waals surface area contributed by atoms with E-state index in [1.807, 2.05) is 12.1 Å². The summed E-state index contributed by atoms with van der Waals surface area (Å²) in [5.74, 6) is 0. The summed E-state index contributed by atoms with van der Waals surface area (Å²) in [6.07, 6.45) is 5.24. The maximum Gasteiger partial charge on any atom is 0.0992 e. The summed E-state index contributed by atoms with van der Waals surface area (Å²) in [5.41, 5.74) is 4.39. The fourth-order valence-electron chi connectivity index (χ4n) is 1.14. The van der Waals surface area contributed by atoms with Gasteiger partial charge in [-0.1, -0.05) is 6.07 Å². The second-order valence-electron chi connectivity index (χ2n) is 2.73. The standard InChI is InChI=1S/C10H8N4/c11-8-9-3-1-4-10(7-9)14-12-5-2-6-13-14/h1-7,12H. The minimum Gasteiger partial charge on any atom is -0.285 e. The summed E-state index contributed by atoms with van der Waals surface area (Å²) in [4.78, 5) is 0. The lowest BCUT2D eigenvalue weighted by Gasteiger charge is -2.20.